The standard InChI is InChI=1S/C7H10N4O3/c1-10-3-9-5(4(10)6(12)13)11(2)7(8)14/h3H,1-2H3,(H2,8,14)(H,12,13). The first kappa shape index (κ1) is 10.0. The Morgan fingerprint density at radius 1 is 1.64 bits per heavy atom. The molecule has 2 amide bonds. The molecule has 0 aliphatic rings. The molecule has 0 fully saturated rings. The van der Waals surface area contributed by atoms with Gasteiger partial charge in [-0.05, 0) is 0 Å². The molecule has 7 heteroatoms. The van der Waals surface area contributed by atoms with Crippen LogP contribution in [0.2, 0.25) is 0 Å². The van der Waals surface area contributed by atoms with E-state index in [1.807, 2.05) is 0 Å². The van der Waals surface area contributed by atoms with Crippen LogP contribution in [-0.4, -0.2) is 33.7 Å². The van der Waals surface area contributed by atoms with Crippen molar-refractivity contribution >= 4 is 17.8 Å². The number of nitrogens with two attached hydrogens (primary N) is 1. The molecular weight excluding hydrogens is 188 g/mol. The van der Waals surface area contributed by atoms with Crippen molar-refractivity contribution < 1.29 is 14.7 Å². The molecule has 0 radical (unpaired) electrons. The molecule has 0 spiro atoms. The van der Waals surface area contributed by atoms with Gasteiger partial charge in [0.25, 0.3) is 0 Å². The van der Waals surface area contributed by atoms with Crippen molar-refractivity contribution in [2.24, 2.45) is 12.8 Å². The number of nitrogens with zero attached hydrogens (tertiary/aromatic N) is 3. The SMILES string of the molecule is CN(C(N)=O)c1ncn(C)c1C(=O)O. The predicted molar refractivity (Wildman–Crippen MR) is 48.2 cm³/mol. The monoisotopic (exact) mass is 198 g/mol. The largest absolute Gasteiger partial charge is 0.476 e. The fourth-order valence-corrected chi connectivity index (χ4v) is 1.01. The first-order chi connectivity index (χ1) is 6.45. The number of rotatable bonds is 2. The van der Waals surface area contributed by atoms with Crippen molar-refractivity contribution in [1.29, 1.82) is 0 Å². The van der Waals surface area contributed by atoms with E-state index < -0.39 is 12.0 Å². The van der Waals surface area contributed by atoms with Crippen molar-refractivity contribution in [3.63, 3.8) is 0 Å². The average molecular weight is 198 g/mol. The van der Waals surface area contributed by atoms with Gasteiger partial charge in [-0.3, -0.25) is 4.90 Å². The van der Waals surface area contributed by atoms with E-state index in [0.717, 1.165) is 4.90 Å². The molecular formula is C7H10N4O3. The van der Waals surface area contributed by atoms with Gasteiger partial charge in [0.1, 0.15) is 0 Å². The highest BCUT2D eigenvalue weighted by atomic mass is 16.4. The number of primary amides is 1. The maximum absolute atomic E-state index is 10.8. The number of imidazole rings is 1. The second-order valence-electron chi connectivity index (χ2n) is 2.73. The van der Waals surface area contributed by atoms with Gasteiger partial charge in [0.05, 0.1) is 6.33 Å². The second-order valence-corrected chi connectivity index (χ2v) is 2.73. The molecule has 76 valence electrons. The lowest BCUT2D eigenvalue weighted by Crippen LogP contribution is -2.33. The fourth-order valence-electron chi connectivity index (χ4n) is 1.01. The molecule has 14 heavy (non-hydrogen) atoms. The molecule has 0 aliphatic heterocycles. The van der Waals surface area contributed by atoms with Crippen LogP contribution in [0.4, 0.5) is 10.6 Å². The lowest BCUT2D eigenvalue weighted by atomic mass is 10.4. The zero-order valence-electron chi connectivity index (χ0n) is 7.76. The number of carbonyl (C=O) groups excluding carboxylic acids is 1. The van der Waals surface area contributed by atoms with Crippen LogP contribution in [0.3, 0.4) is 0 Å². The summed E-state index contributed by atoms with van der Waals surface area (Å²) >= 11 is 0. The normalized spacial score (nSPS) is 9.86. The van der Waals surface area contributed by atoms with Gasteiger partial charge in [-0.15, -0.1) is 0 Å². The Hall–Kier alpha value is -2.05. The van der Waals surface area contributed by atoms with E-state index in [1.165, 1.54) is 25.0 Å². The summed E-state index contributed by atoms with van der Waals surface area (Å²) in [5.74, 6) is -1.12. The molecule has 0 saturated carbocycles. The summed E-state index contributed by atoms with van der Waals surface area (Å²) in [7, 11) is 2.88. The molecule has 0 unspecified atom stereocenters. The minimum atomic E-state index is -1.16. The minimum Gasteiger partial charge on any atom is -0.476 e. The summed E-state index contributed by atoms with van der Waals surface area (Å²) in [5, 5.41) is 8.83. The number of aromatic nitrogens is 2. The number of hydrogen-bond acceptors (Lipinski definition) is 3. The Kier molecular flexibility index (Phi) is 2.41. The van der Waals surface area contributed by atoms with E-state index in [9.17, 15) is 9.59 Å². The van der Waals surface area contributed by atoms with Gasteiger partial charge in [0, 0.05) is 14.1 Å². The quantitative estimate of drug-likeness (QED) is 0.677. The molecule has 0 aromatic carbocycles. The van der Waals surface area contributed by atoms with Gasteiger partial charge in [-0.25, -0.2) is 14.6 Å². The van der Waals surface area contributed by atoms with Gasteiger partial charge in [-0.1, -0.05) is 0 Å². The number of aryl methyl sites for hydroxylation is 1. The van der Waals surface area contributed by atoms with Gasteiger partial charge < -0.3 is 15.4 Å². The van der Waals surface area contributed by atoms with E-state index in [-0.39, 0.29) is 11.5 Å². The number of aromatic carboxylic acids is 1. The van der Waals surface area contributed by atoms with Crippen molar-refractivity contribution in [1.82, 2.24) is 9.55 Å². The molecule has 0 saturated heterocycles. The number of carboxylic acids is 1. The minimum absolute atomic E-state index is 0.0347. The molecule has 1 aromatic rings. The second kappa shape index (κ2) is 3.36. The van der Waals surface area contributed by atoms with Crippen molar-refractivity contribution in [3.05, 3.63) is 12.0 Å². The van der Waals surface area contributed by atoms with E-state index in [0.29, 0.717) is 0 Å². The highest BCUT2D eigenvalue weighted by Gasteiger charge is 2.21. The third kappa shape index (κ3) is 1.51. The summed E-state index contributed by atoms with van der Waals surface area (Å²) in [6.07, 6.45) is 1.30. The van der Waals surface area contributed by atoms with E-state index in [1.54, 1.807) is 0 Å². The maximum Gasteiger partial charge on any atom is 0.356 e. The molecule has 0 aliphatic carbocycles. The van der Waals surface area contributed by atoms with Gasteiger partial charge in [-0.2, -0.15) is 0 Å². The van der Waals surface area contributed by atoms with E-state index in [4.69, 9.17) is 10.8 Å². The smallest absolute Gasteiger partial charge is 0.356 e. The first-order valence-corrected chi connectivity index (χ1v) is 3.73. The van der Waals surface area contributed by atoms with Gasteiger partial charge >= 0.3 is 12.0 Å². The van der Waals surface area contributed by atoms with E-state index >= 15 is 0 Å². The van der Waals surface area contributed by atoms with Crippen LogP contribution >= 0.6 is 0 Å². The number of anilines is 1. The third-order valence-corrected chi connectivity index (χ3v) is 1.77. The topological polar surface area (TPSA) is 101 Å². The van der Waals surface area contributed by atoms with Crippen LogP contribution in [-0.2, 0) is 7.05 Å². The number of hydrogen-bond donors (Lipinski definition) is 2. The molecule has 1 heterocycles. The Labute approximate surface area is 79.7 Å². The molecule has 0 atom stereocenters. The van der Waals surface area contributed by atoms with Crippen LogP contribution in [0.1, 0.15) is 10.5 Å². The van der Waals surface area contributed by atoms with Crippen LogP contribution in [0.25, 0.3) is 0 Å². The van der Waals surface area contributed by atoms with Gasteiger partial charge in [0.15, 0.2) is 11.5 Å². The molecule has 7 nitrogen and oxygen atoms in total. The Morgan fingerprint density at radius 2 is 2.21 bits per heavy atom. The van der Waals surface area contributed by atoms with Crippen LogP contribution < -0.4 is 10.6 Å². The highest BCUT2D eigenvalue weighted by Crippen LogP contribution is 2.15. The average Bonchev–Trinajstić information content (AvgIpc) is 2.45. The number of carbonyl (C=O) groups is 2. The lowest BCUT2D eigenvalue weighted by molar-refractivity contribution is 0.0687. The number of carboxylic acid groups (broad SMARTS) is 1. The summed E-state index contributed by atoms with van der Waals surface area (Å²) in [4.78, 5) is 26.3. The van der Waals surface area contributed by atoms with Crippen molar-refractivity contribution in [2.45, 2.75) is 0 Å². The van der Waals surface area contributed by atoms with Crippen LogP contribution in [0.5, 0.6) is 0 Å². The predicted octanol–water partition coefficient (Wildman–Crippen LogP) is -0.367. The fraction of sp³-hybridized carbons (Fsp3) is 0.286. The van der Waals surface area contributed by atoms with Crippen LogP contribution in [0, 0.1) is 0 Å². The highest BCUT2D eigenvalue weighted by molar-refractivity contribution is 5.98. The van der Waals surface area contributed by atoms with E-state index in [2.05, 4.69) is 4.98 Å². The zero-order chi connectivity index (χ0) is 10.9. The zero-order valence-corrected chi connectivity index (χ0v) is 7.76. The Balaban J connectivity index is 3.22. The first-order valence-electron chi connectivity index (χ1n) is 3.73. The summed E-state index contributed by atoms with van der Waals surface area (Å²) < 4.78 is 1.30. The van der Waals surface area contributed by atoms with Crippen LogP contribution in [0.15, 0.2) is 6.33 Å². The van der Waals surface area contributed by atoms with Gasteiger partial charge in [0.2, 0.25) is 0 Å². The lowest BCUT2D eigenvalue weighted by Gasteiger charge is -2.11. The van der Waals surface area contributed by atoms with Crippen molar-refractivity contribution in [3.8, 4) is 0 Å². The molecule has 1 rings (SSSR count). The summed E-state index contributed by atoms with van der Waals surface area (Å²) in [6.45, 7) is 0. The number of amides is 2. The summed E-state index contributed by atoms with van der Waals surface area (Å²) in [5.41, 5.74) is 4.91. The molecule has 1 aromatic heterocycles. The molecule has 3 N–H and O–H groups in total. The summed E-state index contributed by atoms with van der Waals surface area (Å²) in [6, 6.07) is -0.758. The third-order valence-electron chi connectivity index (χ3n) is 1.77. The Morgan fingerprint density at radius 3 is 2.64 bits per heavy atom. The number of urea groups is 1. The molecule has 0 bridgehead atoms. The maximum atomic E-state index is 10.8. The van der Waals surface area contributed by atoms with Crippen molar-refractivity contribution in [2.75, 3.05) is 11.9 Å². The Bertz CT molecular complexity index is 384.